The number of aryl methyl sites for hydroxylation is 2. The smallest absolute Gasteiger partial charge is 0.367 e. The first-order valence-electron chi connectivity index (χ1n) is 12.5. The fourth-order valence-corrected chi connectivity index (χ4v) is 4.73. The van der Waals surface area contributed by atoms with Crippen molar-refractivity contribution in [3.63, 3.8) is 0 Å². The van der Waals surface area contributed by atoms with Crippen molar-refractivity contribution in [1.82, 2.24) is 29.7 Å². The van der Waals surface area contributed by atoms with Crippen LogP contribution in [0.4, 0.5) is 27.9 Å². The van der Waals surface area contributed by atoms with Gasteiger partial charge >= 0.3 is 6.18 Å². The van der Waals surface area contributed by atoms with Gasteiger partial charge in [-0.1, -0.05) is 0 Å². The molecule has 0 N–H and O–H groups in total. The van der Waals surface area contributed by atoms with E-state index in [0.29, 0.717) is 36.6 Å². The zero-order valence-corrected chi connectivity index (χ0v) is 21.3. The summed E-state index contributed by atoms with van der Waals surface area (Å²) in [6.45, 7) is 6.03. The van der Waals surface area contributed by atoms with Crippen LogP contribution in [0.1, 0.15) is 54.4 Å². The number of alkyl halides is 3. The van der Waals surface area contributed by atoms with Gasteiger partial charge in [0.05, 0.1) is 41.8 Å². The molecule has 0 radical (unpaired) electrons. The van der Waals surface area contributed by atoms with Gasteiger partial charge in [0.2, 0.25) is 5.95 Å². The van der Waals surface area contributed by atoms with Crippen molar-refractivity contribution in [3.8, 4) is 11.3 Å². The quantitative estimate of drug-likeness (QED) is 0.313. The summed E-state index contributed by atoms with van der Waals surface area (Å²) in [5, 5.41) is 4.44. The van der Waals surface area contributed by atoms with Gasteiger partial charge in [0, 0.05) is 23.9 Å². The third-order valence-corrected chi connectivity index (χ3v) is 7.01. The van der Waals surface area contributed by atoms with E-state index in [1.54, 1.807) is 20.0 Å². The molecule has 39 heavy (non-hydrogen) atoms. The maximum atomic E-state index is 15.1. The van der Waals surface area contributed by atoms with Crippen molar-refractivity contribution >= 4 is 17.1 Å². The first-order valence-corrected chi connectivity index (χ1v) is 12.5. The highest BCUT2D eigenvalue weighted by Crippen LogP contribution is 2.38. The molecular weight excluding hydrogens is 521 g/mol. The SMILES string of the molecule is Cc1nc2nc(N3C[C@@H](c4cnn(C5CC5)c4)O[C@@H](C)C3)nc(-c3cc(F)c(C(F)(F)F)cc3F)c2nc1C. The van der Waals surface area contributed by atoms with Crippen LogP contribution in [-0.4, -0.2) is 48.9 Å². The summed E-state index contributed by atoms with van der Waals surface area (Å²) in [7, 11) is 0. The predicted octanol–water partition coefficient (Wildman–Crippen LogP) is 5.50. The standard InChI is InChI=1S/C26H24F5N7O/c1-12-9-37(11-21(39-12)15-8-32-38(10-15)16-4-5-16)25-35-22(23-24(36-25)34-14(3)13(2)33-23)17-6-20(28)18(7-19(17)27)26(29,30)31/h6-8,10,12,16,21H,4-5,9,11H2,1-3H3/t12-,21-/m0/s1. The Morgan fingerprint density at radius 3 is 2.41 bits per heavy atom. The number of benzene rings is 1. The van der Waals surface area contributed by atoms with E-state index < -0.39 is 28.9 Å². The van der Waals surface area contributed by atoms with Gasteiger partial charge in [-0.25, -0.2) is 23.7 Å². The predicted molar refractivity (Wildman–Crippen MR) is 131 cm³/mol. The molecule has 204 valence electrons. The molecule has 0 unspecified atom stereocenters. The number of nitrogens with zero attached hydrogens (tertiary/aromatic N) is 7. The molecule has 4 aromatic rings. The Balaban J connectivity index is 1.45. The Labute approximate surface area is 219 Å². The highest BCUT2D eigenvalue weighted by Gasteiger charge is 2.36. The molecule has 1 aliphatic heterocycles. The molecule has 2 aliphatic rings. The first-order chi connectivity index (χ1) is 18.5. The summed E-state index contributed by atoms with van der Waals surface area (Å²) in [4.78, 5) is 19.8. The highest BCUT2D eigenvalue weighted by molar-refractivity contribution is 5.88. The van der Waals surface area contributed by atoms with Crippen molar-refractivity contribution in [3.05, 3.63) is 58.7 Å². The Morgan fingerprint density at radius 2 is 1.69 bits per heavy atom. The summed E-state index contributed by atoms with van der Waals surface area (Å²) in [6, 6.07) is 1.04. The van der Waals surface area contributed by atoms with E-state index in [1.165, 1.54) is 0 Å². The Kier molecular flexibility index (Phi) is 6.01. The highest BCUT2D eigenvalue weighted by atomic mass is 19.4. The summed E-state index contributed by atoms with van der Waals surface area (Å²) >= 11 is 0. The lowest BCUT2D eigenvalue weighted by molar-refractivity contribution is -0.140. The Morgan fingerprint density at radius 1 is 0.949 bits per heavy atom. The molecule has 1 aliphatic carbocycles. The number of morpholine rings is 1. The van der Waals surface area contributed by atoms with Crippen LogP contribution in [0.2, 0.25) is 0 Å². The minimum absolute atomic E-state index is 0.0588. The maximum absolute atomic E-state index is 15.1. The van der Waals surface area contributed by atoms with E-state index in [9.17, 15) is 17.6 Å². The summed E-state index contributed by atoms with van der Waals surface area (Å²) in [5.74, 6) is -2.74. The first kappa shape index (κ1) is 25.5. The van der Waals surface area contributed by atoms with E-state index in [4.69, 9.17) is 4.74 Å². The number of rotatable bonds is 4. The number of anilines is 1. The minimum Gasteiger partial charge on any atom is -0.367 e. The molecule has 3 aromatic heterocycles. The molecule has 1 aromatic carbocycles. The summed E-state index contributed by atoms with van der Waals surface area (Å²) in [6.07, 6.45) is 0.264. The number of fused-ring (bicyclic) bond motifs is 1. The van der Waals surface area contributed by atoms with E-state index >= 15 is 4.39 Å². The molecule has 8 nitrogen and oxygen atoms in total. The van der Waals surface area contributed by atoms with Gasteiger partial charge in [0.15, 0.2) is 5.65 Å². The van der Waals surface area contributed by atoms with Crippen LogP contribution in [0.15, 0.2) is 24.5 Å². The average molecular weight is 546 g/mol. The zero-order chi connectivity index (χ0) is 27.6. The van der Waals surface area contributed by atoms with Crippen molar-refractivity contribution in [2.75, 3.05) is 18.0 Å². The minimum atomic E-state index is -5.05. The second-order valence-corrected chi connectivity index (χ2v) is 10.1. The Hall–Kier alpha value is -3.74. The molecule has 4 heterocycles. The van der Waals surface area contributed by atoms with Crippen LogP contribution in [0, 0.1) is 25.5 Å². The third-order valence-electron chi connectivity index (χ3n) is 7.01. The van der Waals surface area contributed by atoms with Gasteiger partial charge in [-0.05, 0) is 45.7 Å². The topological polar surface area (TPSA) is 81.9 Å². The van der Waals surface area contributed by atoms with Crippen molar-refractivity contribution in [2.45, 2.75) is 58.0 Å². The molecule has 2 fully saturated rings. The molecule has 2 atom stereocenters. The Bertz CT molecular complexity index is 1580. The lowest BCUT2D eigenvalue weighted by atomic mass is 10.1. The van der Waals surface area contributed by atoms with E-state index in [0.717, 1.165) is 18.4 Å². The van der Waals surface area contributed by atoms with Crippen LogP contribution in [0.3, 0.4) is 0 Å². The molecule has 1 saturated carbocycles. The fraction of sp³-hybridized carbons (Fsp3) is 0.423. The molecule has 0 spiro atoms. The molecule has 0 amide bonds. The number of hydrogen-bond acceptors (Lipinski definition) is 7. The van der Waals surface area contributed by atoms with E-state index in [1.807, 2.05) is 22.7 Å². The number of aromatic nitrogens is 6. The van der Waals surface area contributed by atoms with Crippen LogP contribution in [0.5, 0.6) is 0 Å². The zero-order valence-electron chi connectivity index (χ0n) is 21.3. The lowest BCUT2D eigenvalue weighted by Gasteiger charge is -2.36. The molecule has 1 saturated heterocycles. The summed E-state index contributed by atoms with van der Waals surface area (Å²) < 4.78 is 77.4. The number of halogens is 5. The lowest BCUT2D eigenvalue weighted by Crippen LogP contribution is -2.43. The van der Waals surface area contributed by atoms with Gasteiger partial charge in [0.25, 0.3) is 0 Å². The molecule has 13 heteroatoms. The van der Waals surface area contributed by atoms with Gasteiger partial charge in [-0.3, -0.25) is 4.68 Å². The van der Waals surface area contributed by atoms with Crippen molar-refractivity contribution in [1.29, 1.82) is 0 Å². The van der Waals surface area contributed by atoms with Crippen molar-refractivity contribution in [2.24, 2.45) is 0 Å². The van der Waals surface area contributed by atoms with E-state index in [-0.39, 0.29) is 41.1 Å². The normalized spacial score (nSPS) is 20.2. The fourth-order valence-electron chi connectivity index (χ4n) is 4.73. The van der Waals surface area contributed by atoms with Gasteiger partial charge in [-0.2, -0.15) is 23.3 Å². The van der Waals surface area contributed by atoms with Gasteiger partial charge < -0.3 is 9.64 Å². The van der Waals surface area contributed by atoms with Crippen LogP contribution >= 0.6 is 0 Å². The maximum Gasteiger partial charge on any atom is 0.419 e. The number of ether oxygens (including phenoxy) is 1. The largest absolute Gasteiger partial charge is 0.419 e. The third kappa shape index (κ3) is 4.79. The molecule has 6 rings (SSSR count). The van der Waals surface area contributed by atoms with Crippen LogP contribution in [0.25, 0.3) is 22.4 Å². The average Bonchev–Trinajstić information content (AvgIpc) is 3.60. The van der Waals surface area contributed by atoms with Crippen molar-refractivity contribution < 1.29 is 26.7 Å². The molecule has 0 bridgehead atoms. The second kappa shape index (κ2) is 9.18. The molecular formula is C26H24F5N7O. The van der Waals surface area contributed by atoms with E-state index in [2.05, 4.69) is 25.0 Å². The van der Waals surface area contributed by atoms with Crippen LogP contribution < -0.4 is 4.90 Å². The second-order valence-electron chi connectivity index (χ2n) is 10.1. The number of hydrogen-bond donors (Lipinski definition) is 0. The summed E-state index contributed by atoms with van der Waals surface area (Å²) in [5.41, 5.74) is -0.168. The van der Waals surface area contributed by atoms with Gasteiger partial charge in [0.1, 0.15) is 28.9 Å². The van der Waals surface area contributed by atoms with Crippen LogP contribution in [-0.2, 0) is 10.9 Å². The monoisotopic (exact) mass is 545 g/mol. The van der Waals surface area contributed by atoms with Gasteiger partial charge in [-0.15, -0.1) is 0 Å².